The van der Waals surface area contributed by atoms with Crippen molar-refractivity contribution in [3.8, 4) is 67.5 Å². The first-order chi connectivity index (χ1) is 63.7. The van der Waals surface area contributed by atoms with Crippen LogP contribution < -0.4 is 41.6 Å². The fourth-order valence-electron chi connectivity index (χ4n) is 14.6. The number of carbonyl (C=O) groups is 1. The van der Waals surface area contributed by atoms with E-state index in [1.807, 2.05) is 180 Å². The number of benzene rings is 8. The SMILES string of the molecule is C.CN1CCN(CCBr)CC1.COc1ccc(N)cc1.COc1ccc(Nc2nnc3cc(-c4c(C)noc4C)cc(C)c3n2)cc1.Cc1noc(C)c1-c1cc(C)c2nc(N)nnc2c1.Cc1noc(C)c1-c1cc(C)c2nc(Nc3ccc(O)cc3)nnc2c1.Cc1noc(C)c1-c1cc(C)c2nc(Nc3ccc(OCCN4CCN(C)CC4)cc3)nnc2c1.O=C(O)C(F)(F)F. The lowest BCUT2D eigenvalue weighted by Crippen LogP contribution is -2.45. The minimum atomic E-state index is -5.08. The molecule has 0 bridgehead atoms. The van der Waals surface area contributed by atoms with E-state index in [9.17, 15) is 18.3 Å². The number of aromatic nitrogens is 16. The summed E-state index contributed by atoms with van der Waals surface area (Å²) in [6.07, 6.45) is -5.08. The molecule has 2 fully saturated rings. The van der Waals surface area contributed by atoms with Gasteiger partial charge in [0.05, 0.1) is 59.1 Å². The molecule has 0 spiro atoms. The monoisotopic (exact) mass is 1900 g/mol. The zero-order valence-electron chi connectivity index (χ0n) is 76.6. The maximum Gasteiger partial charge on any atom is 0.490 e. The molecule has 0 saturated carbocycles. The molecule has 8 aromatic heterocycles. The van der Waals surface area contributed by atoms with Gasteiger partial charge in [-0.1, -0.05) is 44.0 Å². The van der Waals surface area contributed by atoms with Crippen LogP contribution in [0.4, 0.5) is 59.7 Å². The number of aromatic hydroxyl groups is 1. The van der Waals surface area contributed by atoms with Gasteiger partial charge >= 0.3 is 12.1 Å². The zero-order chi connectivity index (χ0) is 95.3. The Morgan fingerprint density at radius 1 is 0.425 bits per heavy atom. The largest absolute Gasteiger partial charge is 0.508 e. The van der Waals surface area contributed by atoms with E-state index in [1.165, 1.54) is 32.7 Å². The molecule has 2 aliphatic rings. The van der Waals surface area contributed by atoms with E-state index in [2.05, 4.69) is 154 Å². The number of carboxylic acids is 1. The fraction of sp³-hybridized carbons (Fsp3) is 0.316. The van der Waals surface area contributed by atoms with Crippen molar-refractivity contribution in [3.63, 3.8) is 0 Å². The number of piperazine rings is 2. The Morgan fingerprint density at radius 3 is 1.01 bits per heavy atom. The molecule has 0 unspecified atom stereocenters. The van der Waals surface area contributed by atoms with Crippen molar-refractivity contribution in [1.29, 1.82) is 0 Å². The summed E-state index contributed by atoms with van der Waals surface area (Å²) in [5.74, 6) is 4.53. The number of fused-ring (bicyclic) bond motifs is 4. The lowest BCUT2D eigenvalue weighted by molar-refractivity contribution is -0.192. The van der Waals surface area contributed by atoms with E-state index in [0.717, 1.165) is 224 Å². The number of hydrogen-bond acceptors (Lipinski definition) is 34. The molecule has 9 N–H and O–H groups in total. The quantitative estimate of drug-likeness (QED) is 0.0238. The van der Waals surface area contributed by atoms with Crippen molar-refractivity contribution < 1.29 is 60.5 Å². The predicted molar refractivity (Wildman–Crippen MR) is 515 cm³/mol. The average molecular weight is 1900 g/mol. The van der Waals surface area contributed by atoms with Crippen LogP contribution in [-0.4, -0.2) is 229 Å². The highest BCUT2D eigenvalue weighted by Crippen LogP contribution is 2.37. The summed E-state index contributed by atoms with van der Waals surface area (Å²) in [4.78, 5) is 36.7. The summed E-state index contributed by atoms with van der Waals surface area (Å²) < 4.78 is 68.8. The van der Waals surface area contributed by atoms with Crippen molar-refractivity contribution >= 4 is 113 Å². The number of phenols is 1. The first-order valence-corrected chi connectivity index (χ1v) is 43.4. The van der Waals surface area contributed by atoms with Crippen molar-refractivity contribution in [2.75, 3.05) is 133 Å². The van der Waals surface area contributed by atoms with Gasteiger partial charge in [0.1, 0.15) is 74.7 Å². The molecule has 18 rings (SSSR count). The van der Waals surface area contributed by atoms with Crippen LogP contribution in [0.3, 0.4) is 0 Å². The number of likely N-dealkylation sites (N-methyl/N-ethyl adjacent to an activating group) is 2. The van der Waals surface area contributed by atoms with Crippen molar-refractivity contribution in [2.45, 2.75) is 96.7 Å². The summed E-state index contributed by atoms with van der Waals surface area (Å²) in [6, 6.07) is 45.4. The second-order valence-corrected chi connectivity index (χ2v) is 32.4. The summed E-state index contributed by atoms with van der Waals surface area (Å²) in [5.41, 5.74) is 35.6. The number of aliphatic carboxylic acids is 1. The molecule has 10 heterocycles. The minimum Gasteiger partial charge on any atom is -0.508 e. The number of ether oxygens (including phenoxy) is 3. The smallest absolute Gasteiger partial charge is 0.490 e. The van der Waals surface area contributed by atoms with E-state index >= 15 is 0 Å². The molecule has 35 nitrogen and oxygen atoms in total. The van der Waals surface area contributed by atoms with Crippen LogP contribution in [0.15, 0.2) is 164 Å². The van der Waals surface area contributed by atoms with Crippen LogP contribution in [0.25, 0.3) is 88.6 Å². The first-order valence-electron chi connectivity index (χ1n) is 42.3. The Bertz CT molecular complexity index is 6550. The number of anilines is 8. The number of carboxylic acid groups (broad SMARTS) is 1. The van der Waals surface area contributed by atoms with Gasteiger partial charge in [-0.25, -0.2) is 24.7 Å². The standard InChI is InChI=1S/C26H31N7O2.C20H19N5O2.C19H17N5O2.C13H13N5O.C7H15BrN2.C7H9NO.C2HF3O2.CH4/c1-17-15-20(24-18(2)31-35-19(24)3)16-23-25(17)28-26(30-29-23)27-21-5-7-22(8-6-21)34-14-13-33-11-9-32(4)10-12-33;1-11-9-14(18-12(2)25-27-13(18)3)10-17-19(11)22-20(24-23-17)21-15-5-7-16(26-4)8-6-15;1-10-8-13(17-11(2)24-26-12(17)3)9-16-18(10)21-19(23-22-16)20-14-4-6-15(25)7-5-14;1-6-4-9(11-7(2)18-19-8(11)3)5-10-12(6)15-13(14)17-16-10;1-9-4-6-10(3-2-8)7-5-9;1-9-7-4-2-6(8)3-5-7;3-2(4,5)1(6)7;/h5-8,15-16H,9-14H2,1-4H3,(H,27,28,30);5-10H,1-4H3,(H,21,22,24);4-9,25H,1-3H3,(H,20,21,23);4-5H,1-3H3,(H2,14,15,17);2-7H2,1H3;2-5H,8H2,1H3;(H,6,7);1H4. The molecule has 0 atom stereocenters. The number of hydrogen-bond donors (Lipinski definition) is 7. The van der Waals surface area contributed by atoms with Gasteiger partial charge in [0, 0.05) is 116 Å². The Labute approximate surface area is 780 Å². The summed E-state index contributed by atoms with van der Waals surface area (Å²) in [7, 11) is 7.62. The van der Waals surface area contributed by atoms with Gasteiger partial charge in [0.25, 0.3) is 0 Å². The number of nitrogens with zero attached hydrogens (tertiary/aromatic N) is 20. The third kappa shape index (κ3) is 26.7. The Balaban J connectivity index is 0.000000159. The molecule has 134 heavy (non-hydrogen) atoms. The Hall–Kier alpha value is -14.5. The van der Waals surface area contributed by atoms with Gasteiger partial charge in [-0.05, 0) is 287 Å². The number of alkyl halides is 4. The molecular formula is C95H109BrF3N25O10. The first kappa shape index (κ1) is 100. The molecule has 2 saturated heterocycles. The molecule has 2 aliphatic heterocycles. The zero-order valence-corrected chi connectivity index (χ0v) is 78.2. The highest BCUT2D eigenvalue weighted by molar-refractivity contribution is 9.09. The second-order valence-electron chi connectivity index (χ2n) is 31.6. The van der Waals surface area contributed by atoms with Gasteiger partial charge in [0.2, 0.25) is 23.8 Å². The van der Waals surface area contributed by atoms with Crippen LogP contribution >= 0.6 is 15.9 Å². The lowest BCUT2D eigenvalue weighted by Gasteiger charge is -2.32. The number of nitrogens with one attached hydrogen (secondary N) is 3. The molecule has 16 aromatic rings. The fourth-order valence-corrected chi connectivity index (χ4v) is 15.1. The third-order valence-corrected chi connectivity index (χ3v) is 21.9. The van der Waals surface area contributed by atoms with Gasteiger partial charge < -0.3 is 79.7 Å². The van der Waals surface area contributed by atoms with E-state index in [4.69, 9.17) is 58.7 Å². The number of halogens is 4. The molecule has 8 aromatic carbocycles. The van der Waals surface area contributed by atoms with Crippen LogP contribution in [0.1, 0.15) is 75.5 Å². The number of rotatable bonds is 18. The van der Waals surface area contributed by atoms with E-state index in [1.54, 1.807) is 50.6 Å². The summed E-state index contributed by atoms with van der Waals surface area (Å²) >= 11 is 3.44. The number of nitrogen functional groups attached to an aromatic ring is 2. The summed E-state index contributed by atoms with van der Waals surface area (Å²) in [5, 5.41) is 76.8. The second kappa shape index (κ2) is 46.0. The van der Waals surface area contributed by atoms with Crippen molar-refractivity contribution in [1.82, 2.24) is 101 Å². The molecular weight excluding hydrogens is 1790 g/mol. The molecule has 0 aliphatic carbocycles. The minimum absolute atomic E-state index is 0. The van der Waals surface area contributed by atoms with Crippen molar-refractivity contribution in [2.24, 2.45) is 0 Å². The Kier molecular flexibility index (Phi) is 34.3. The number of phenolic OH excluding ortho intramolecular Hbond substituents is 1. The highest BCUT2D eigenvalue weighted by atomic mass is 79.9. The van der Waals surface area contributed by atoms with Crippen LogP contribution in [0.5, 0.6) is 23.0 Å². The van der Waals surface area contributed by atoms with Crippen molar-refractivity contribution in [3.05, 3.63) is 214 Å². The number of aryl methyl sites for hydroxylation is 12. The van der Waals surface area contributed by atoms with Gasteiger partial charge in [0.15, 0.2) is 0 Å². The van der Waals surface area contributed by atoms with E-state index < -0.39 is 12.1 Å². The van der Waals surface area contributed by atoms with Gasteiger partial charge in [-0.3, -0.25) is 9.80 Å². The van der Waals surface area contributed by atoms with Gasteiger partial charge in [-0.15, -0.1) is 40.8 Å². The lowest BCUT2D eigenvalue weighted by atomic mass is 10.0. The van der Waals surface area contributed by atoms with Crippen LogP contribution in [0, 0.1) is 83.1 Å². The topological polar surface area (TPSA) is 445 Å². The average Bonchev–Trinajstić information content (AvgIpc) is 1.29. The van der Waals surface area contributed by atoms with Crippen LogP contribution in [-0.2, 0) is 4.79 Å². The van der Waals surface area contributed by atoms with Crippen LogP contribution in [0.2, 0.25) is 0 Å². The maximum atomic E-state index is 10.6. The molecule has 39 heteroatoms. The maximum absolute atomic E-state index is 10.6. The molecule has 702 valence electrons. The number of nitrogens with two attached hydrogens (primary N) is 2. The van der Waals surface area contributed by atoms with E-state index in [-0.39, 0.29) is 19.1 Å². The number of methoxy groups -OCH3 is 2. The van der Waals surface area contributed by atoms with E-state index in [0.29, 0.717) is 35.5 Å². The highest BCUT2D eigenvalue weighted by Gasteiger charge is 2.38. The predicted octanol–water partition coefficient (Wildman–Crippen LogP) is 17.7. The Morgan fingerprint density at radius 2 is 0.716 bits per heavy atom. The van der Waals surface area contributed by atoms with Gasteiger partial charge in [-0.2, -0.15) is 13.2 Å². The molecule has 0 amide bonds. The summed E-state index contributed by atoms with van der Waals surface area (Å²) in [6.45, 7) is 35.5. The molecule has 0 radical (unpaired) electrons. The third-order valence-electron chi connectivity index (χ3n) is 21.5. The normalized spacial score (nSPS) is 12.8.